The first-order chi connectivity index (χ1) is 7.65. The Morgan fingerprint density at radius 3 is 2.56 bits per heavy atom. The molecule has 0 aliphatic heterocycles. The minimum atomic E-state index is 0.880. The molecule has 0 aliphatic carbocycles. The highest BCUT2D eigenvalue weighted by atomic mass is 15.1. The topological polar surface area (TPSA) is 53.1 Å². The summed E-state index contributed by atoms with van der Waals surface area (Å²) in [6.07, 6.45) is 2.68. The van der Waals surface area contributed by atoms with Crippen molar-refractivity contribution in [1.82, 2.24) is 14.9 Å². The second kappa shape index (κ2) is 6.27. The fourth-order valence-electron chi connectivity index (χ4n) is 1.48. The Morgan fingerprint density at radius 1 is 1.25 bits per heavy atom. The summed E-state index contributed by atoms with van der Waals surface area (Å²) in [5.41, 5.74) is 1.06. The zero-order chi connectivity index (χ0) is 12.0. The zero-order valence-corrected chi connectivity index (χ0v) is 10.5. The lowest BCUT2D eigenvalue weighted by Crippen LogP contribution is -2.17. The lowest BCUT2D eigenvalue weighted by molar-refractivity contribution is 0.405. The van der Waals surface area contributed by atoms with Gasteiger partial charge in [-0.1, -0.05) is 0 Å². The highest BCUT2D eigenvalue weighted by Crippen LogP contribution is 2.16. The average molecular weight is 223 g/mol. The number of anilines is 2. The van der Waals surface area contributed by atoms with Gasteiger partial charge in [0.25, 0.3) is 0 Å². The highest BCUT2D eigenvalue weighted by Gasteiger charge is 2.04. The molecule has 0 atom stereocenters. The van der Waals surface area contributed by atoms with Crippen molar-refractivity contribution in [1.29, 1.82) is 0 Å². The third-order valence-electron chi connectivity index (χ3n) is 2.40. The molecule has 0 saturated heterocycles. The van der Waals surface area contributed by atoms with Crippen molar-refractivity contribution < 1.29 is 0 Å². The van der Waals surface area contributed by atoms with Crippen LogP contribution in [0.4, 0.5) is 11.6 Å². The summed E-state index contributed by atoms with van der Waals surface area (Å²) in [7, 11) is 6.02. The number of nitrogens with one attached hydrogen (secondary N) is 2. The van der Waals surface area contributed by atoms with Crippen molar-refractivity contribution >= 4 is 11.6 Å². The Bertz CT molecular complexity index is 324. The third-order valence-corrected chi connectivity index (χ3v) is 2.40. The van der Waals surface area contributed by atoms with Gasteiger partial charge in [0.2, 0.25) is 0 Å². The van der Waals surface area contributed by atoms with Crippen LogP contribution in [0.2, 0.25) is 0 Å². The number of hydrogen-bond acceptors (Lipinski definition) is 5. The lowest BCUT2D eigenvalue weighted by Gasteiger charge is -2.12. The number of nitrogens with zero attached hydrogens (tertiary/aromatic N) is 3. The molecule has 16 heavy (non-hydrogen) atoms. The van der Waals surface area contributed by atoms with E-state index >= 15 is 0 Å². The van der Waals surface area contributed by atoms with Crippen molar-refractivity contribution in [2.24, 2.45) is 0 Å². The Kier molecular flexibility index (Phi) is 4.98. The van der Waals surface area contributed by atoms with Gasteiger partial charge in [0.15, 0.2) is 0 Å². The van der Waals surface area contributed by atoms with E-state index in [4.69, 9.17) is 0 Å². The van der Waals surface area contributed by atoms with Crippen molar-refractivity contribution in [2.75, 3.05) is 44.9 Å². The minimum Gasteiger partial charge on any atom is -0.373 e. The van der Waals surface area contributed by atoms with E-state index in [1.807, 2.05) is 14.0 Å². The lowest BCUT2D eigenvalue weighted by atomic mass is 10.3. The van der Waals surface area contributed by atoms with Gasteiger partial charge in [-0.15, -0.1) is 0 Å². The molecule has 0 bridgehead atoms. The number of aromatic nitrogens is 2. The standard InChI is InChI=1S/C11H21N5/c1-9-10(12-2)14-8-15-11(9)13-6-5-7-16(3)4/h8H,5-7H2,1-4H3,(H2,12,13,14,15). The maximum Gasteiger partial charge on any atom is 0.134 e. The van der Waals surface area contributed by atoms with Crippen LogP contribution in [0.25, 0.3) is 0 Å². The van der Waals surface area contributed by atoms with E-state index < -0.39 is 0 Å². The maximum absolute atomic E-state index is 4.23. The third kappa shape index (κ3) is 3.66. The van der Waals surface area contributed by atoms with E-state index in [9.17, 15) is 0 Å². The molecule has 2 N–H and O–H groups in total. The second-order valence-electron chi connectivity index (χ2n) is 4.03. The van der Waals surface area contributed by atoms with Crippen molar-refractivity contribution in [3.8, 4) is 0 Å². The van der Waals surface area contributed by atoms with Crippen molar-refractivity contribution in [3.05, 3.63) is 11.9 Å². The largest absolute Gasteiger partial charge is 0.373 e. The van der Waals surface area contributed by atoms with Gasteiger partial charge >= 0.3 is 0 Å². The Hall–Kier alpha value is -1.36. The summed E-state index contributed by atoms with van der Waals surface area (Å²) >= 11 is 0. The Balaban J connectivity index is 2.47. The Labute approximate surface area is 97.3 Å². The molecule has 0 aliphatic rings. The summed E-state index contributed by atoms with van der Waals surface area (Å²) in [5, 5.41) is 6.37. The van der Waals surface area contributed by atoms with Crippen LogP contribution in [0.3, 0.4) is 0 Å². The predicted octanol–water partition coefficient (Wildman–Crippen LogP) is 1.19. The van der Waals surface area contributed by atoms with Crippen LogP contribution in [0, 0.1) is 6.92 Å². The van der Waals surface area contributed by atoms with Gasteiger partial charge in [0, 0.05) is 19.2 Å². The Morgan fingerprint density at radius 2 is 1.94 bits per heavy atom. The van der Waals surface area contributed by atoms with Gasteiger partial charge in [-0.25, -0.2) is 9.97 Å². The summed E-state index contributed by atoms with van der Waals surface area (Å²) in [6.45, 7) is 4.02. The quantitative estimate of drug-likeness (QED) is 0.710. The van der Waals surface area contributed by atoms with Gasteiger partial charge in [0.05, 0.1) is 0 Å². The smallest absolute Gasteiger partial charge is 0.134 e. The number of hydrogen-bond donors (Lipinski definition) is 2. The molecule has 5 heteroatoms. The summed E-state index contributed by atoms with van der Waals surface area (Å²) in [6, 6.07) is 0. The van der Waals surface area contributed by atoms with E-state index in [0.717, 1.165) is 36.7 Å². The molecule has 0 unspecified atom stereocenters. The minimum absolute atomic E-state index is 0.880. The monoisotopic (exact) mass is 223 g/mol. The molecular weight excluding hydrogens is 202 g/mol. The molecule has 1 heterocycles. The van der Waals surface area contributed by atoms with E-state index in [1.54, 1.807) is 6.33 Å². The fraction of sp³-hybridized carbons (Fsp3) is 0.636. The first-order valence-corrected chi connectivity index (χ1v) is 5.53. The van der Waals surface area contributed by atoms with E-state index in [-0.39, 0.29) is 0 Å². The maximum atomic E-state index is 4.23. The van der Waals surface area contributed by atoms with E-state index in [2.05, 4.69) is 39.6 Å². The van der Waals surface area contributed by atoms with Crippen LogP contribution in [0.15, 0.2) is 6.33 Å². The summed E-state index contributed by atoms with van der Waals surface area (Å²) in [5.74, 6) is 1.79. The molecule has 0 aromatic carbocycles. The summed E-state index contributed by atoms with van der Waals surface area (Å²) in [4.78, 5) is 10.5. The van der Waals surface area contributed by atoms with Crippen LogP contribution >= 0.6 is 0 Å². The molecule has 90 valence electrons. The van der Waals surface area contributed by atoms with Gasteiger partial charge < -0.3 is 15.5 Å². The molecule has 0 spiro atoms. The van der Waals surface area contributed by atoms with Crippen LogP contribution in [-0.4, -0.2) is 49.1 Å². The first-order valence-electron chi connectivity index (χ1n) is 5.53. The SMILES string of the molecule is CNc1ncnc(NCCCN(C)C)c1C. The zero-order valence-electron chi connectivity index (χ0n) is 10.5. The van der Waals surface area contributed by atoms with Crippen molar-refractivity contribution in [3.63, 3.8) is 0 Å². The van der Waals surface area contributed by atoms with Gasteiger partial charge in [-0.3, -0.25) is 0 Å². The highest BCUT2D eigenvalue weighted by molar-refractivity contribution is 5.55. The van der Waals surface area contributed by atoms with E-state index in [0.29, 0.717) is 0 Å². The van der Waals surface area contributed by atoms with Gasteiger partial charge in [-0.2, -0.15) is 0 Å². The van der Waals surface area contributed by atoms with Gasteiger partial charge in [-0.05, 0) is 34.0 Å². The van der Waals surface area contributed by atoms with Crippen LogP contribution in [0.1, 0.15) is 12.0 Å². The molecular formula is C11H21N5. The molecule has 0 saturated carbocycles. The molecule has 0 amide bonds. The first kappa shape index (κ1) is 12.7. The number of rotatable bonds is 6. The van der Waals surface area contributed by atoms with Crippen LogP contribution in [-0.2, 0) is 0 Å². The van der Waals surface area contributed by atoms with Crippen molar-refractivity contribution in [2.45, 2.75) is 13.3 Å². The predicted molar refractivity (Wildman–Crippen MR) is 68.0 cm³/mol. The van der Waals surface area contributed by atoms with Crippen LogP contribution < -0.4 is 10.6 Å². The van der Waals surface area contributed by atoms with Crippen LogP contribution in [0.5, 0.6) is 0 Å². The van der Waals surface area contributed by atoms with Gasteiger partial charge in [0.1, 0.15) is 18.0 Å². The molecule has 1 rings (SSSR count). The molecule has 0 fully saturated rings. The molecule has 0 radical (unpaired) electrons. The van der Waals surface area contributed by atoms with E-state index in [1.165, 1.54) is 0 Å². The average Bonchev–Trinajstić information content (AvgIpc) is 2.26. The molecule has 5 nitrogen and oxygen atoms in total. The normalized spacial score (nSPS) is 10.6. The molecule has 1 aromatic heterocycles. The molecule has 1 aromatic rings. The fourth-order valence-corrected chi connectivity index (χ4v) is 1.48. The second-order valence-corrected chi connectivity index (χ2v) is 4.03. The summed E-state index contributed by atoms with van der Waals surface area (Å²) < 4.78 is 0.